The predicted molar refractivity (Wildman–Crippen MR) is 55.2 cm³/mol. The Morgan fingerprint density at radius 2 is 2.00 bits per heavy atom. The van der Waals surface area contributed by atoms with Crippen LogP contribution < -0.4 is 5.32 Å². The minimum absolute atomic E-state index is 0. The minimum Gasteiger partial charge on any atom is -0.310 e. The molecule has 0 aromatic heterocycles. The van der Waals surface area contributed by atoms with Crippen LogP contribution in [0.15, 0.2) is 0 Å². The maximum Gasteiger partial charge on any atom is 0.139 e. The van der Waals surface area contributed by atoms with Crippen molar-refractivity contribution in [3.63, 3.8) is 0 Å². The van der Waals surface area contributed by atoms with Crippen molar-refractivity contribution in [2.45, 2.75) is 51.1 Å². The molecule has 0 radical (unpaired) electrons. The Hall–Kier alpha value is -0.0800. The molecule has 2 nitrogen and oxygen atoms in total. The van der Waals surface area contributed by atoms with Gasteiger partial charge in [-0.25, -0.2) is 0 Å². The van der Waals surface area contributed by atoms with Gasteiger partial charge in [-0.3, -0.25) is 4.79 Å². The highest BCUT2D eigenvalue weighted by molar-refractivity contribution is 5.85. The van der Waals surface area contributed by atoms with Crippen LogP contribution in [0.25, 0.3) is 0 Å². The van der Waals surface area contributed by atoms with Gasteiger partial charge in [-0.2, -0.15) is 0 Å². The highest BCUT2D eigenvalue weighted by atomic mass is 35.5. The van der Waals surface area contributed by atoms with Crippen LogP contribution in [-0.4, -0.2) is 17.9 Å². The lowest BCUT2D eigenvalue weighted by Crippen LogP contribution is -2.52. The van der Waals surface area contributed by atoms with E-state index in [1.807, 2.05) is 0 Å². The summed E-state index contributed by atoms with van der Waals surface area (Å²) in [4.78, 5) is 11.6. The van der Waals surface area contributed by atoms with Crippen molar-refractivity contribution in [1.82, 2.24) is 5.32 Å². The molecule has 76 valence electrons. The third-order valence-corrected chi connectivity index (χ3v) is 3.19. The molecule has 1 aliphatic heterocycles. The Morgan fingerprint density at radius 1 is 1.31 bits per heavy atom. The van der Waals surface area contributed by atoms with Crippen molar-refractivity contribution in [3.8, 4) is 0 Å². The topological polar surface area (TPSA) is 29.1 Å². The molecule has 1 saturated carbocycles. The number of rotatable bonds is 0. The summed E-state index contributed by atoms with van der Waals surface area (Å²) in [5, 5.41) is 3.53. The van der Waals surface area contributed by atoms with E-state index in [2.05, 4.69) is 12.2 Å². The van der Waals surface area contributed by atoms with Gasteiger partial charge in [-0.05, 0) is 19.8 Å². The molecule has 0 spiro atoms. The Kier molecular flexibility index (Phi) is 3.74. The molecule has 3 atom stereocenters. The van der Waals surface area contributed by atoms with E-state index in [4.69, 9.17) is 0 Å². The lowest BCUT2D eigenvalue weighted by atomic mass is 9.77. The van der Waals surface area contributed by atoms with Gasteiger partial charge < -0.3 is 5.32 Å². The SMILES string of the molecule is CC1CC(=O)C2CCCCC2N1.Cl. The van der Waals surface area contributed by atoms with Gasteiger partial charge in [0.2, 0.25) is 0 Å². The number of hydrogen-bond acceptors (Lipinski definition) is 2. The van der Waals surface area contributed by atoms with Gasteiger partial charge in [-0.15, -0.1) is 12.4 Å². The molecule has 3 unspecified atom stereocenters. The van der Waals surface area contributed by atoms with Crippen LogP contribution in [0, 0.1) is 5.92 Å². The number of carbonyl (C=O) groups excluding carboxylic acids is 1. The molecular weight excluding hydrogens is 186 g/mol. The average Bonchev–Trinajstić information content (AvgIpc) is 2.04. The molecule has 1 N–H and O–H groups in total. The minimum atomic E-state index is 0. The molecule has 3 heteroatoms. The van der Waals surface area contributed by atoms with Gasteiger partial charge in [0, 0.05) is 24.4 Å². The second kappa shape index (κ2) is 4.43. The summed E-state index contributed by atoms with van der Waals surface area (Å²) in [5.41, 5.74) is 0. The Morgan fingerprint density at radius 3 is 2.77 bits per heavy atom. The number of hydrogen-bond donors (Lipinski definition) is 1. The lowest BCUT2D eigenvalue weighted by molar-refractivity contribution is -0.127. The number of piperidine rings is 1. The molecule has 0 aromatic rings. The summed E-state index contributed by atoms with van der Waals surface area (Å²) in [6.45, 7) is 2.11. The first-order chi connectivity index (χ1) is 5.77. The van der Waals surface area contributed by atoms with Gasteiger partial charge >= 0.3 is 0 Å². The number of fused-ring (bicyclic) bond motifs is 1. The third-order valence-electron chi connectivity index (χ3n) is 3.19. The normalized spacial score (nSPS) is 39.2. The second-order valence-corrected chi connectivity index (χ2v) is 4.24. The molecule has 1 heterocycles. The van der Waals surface area contributed by atoms with Crippen LogP contribution in [0.4, 0.5) is 0 Å². The standard InChI is InChI=1S/C10H17NO.ClH/c1-7-6-10(12)8-4-2-3-5-9(8)11-7;/h7-9,11H,2-6H2,1H3;1H. The largest absolute Gasteiger partial charge is 0.310 e. The number of carbonyl (C=O) groups is 1. The molecule has 2 fully saturated rings. The first-order valence-electron chi connectivity index (χ1n) is 5.06. The summed E-state index contributed by atoms with van der Waals surface area (Å²) >= 11 is 0. The van der Waals surface area contributed by atoms with Crippen LogP contribution in [0.1, 0.15) is 39.0 Å². The quantitative estimate of drug-likeness (QED) is 0.652. The summed E-state index contributed by atoms with van der Waals surface area (Å²) < 4.78 is 0. The van der Waals surface area contributed by atoms with Crippen molar-refractivity contribution >= 4 is 18.2 Å². The van der Waals surface area contributed by atoms with Crippen LogP contribution in [0.2, 0.25) is 0 Å². The summed E-state index contributed by atoms with van der Waals surface area (Å²) in [7, 11) is 0. The Balaban J connectivity index is 0.000000845. The maximum absolute atomic E-state index is 11.6. The van der Waals surface area contributed by atoms with Crippen molar-refractivity contribution in [3.05, 3.63) is 0 Å². The monoisotopic (exact) mass is 203 g/mol. The predicted octanol–water partition coefficient (Wildman–Crippen LogP) is 1.92. The molecular formula is C10H18ClNO. The van der Waals surface area contributed by atoms with E-state index in [1.54, 1.807) is 0 Å². The fraction of sp³-hybridized carbons (Fsp3) is 0.900. The number of halogens is 1. The first kappa shape index (κ1) is 11.0. The fourth-order valence-corrected chi connectivity index (χ4v) is 2.59. The van der Waals surface area contributed by atoms with Crippen LogP contribution in [0.5, 0.6) is 0 Å². The van der Waals surface area contributed by atoms with Crippen molar-refractivity contribution in [1.29, 1.82) is 0 Å². The number of Topliss-reactive ketones (excluding diaryl/α,β-unsaturated/α-hetero) is 1. The summed E-state index contributed by atoms with van der Waals surface area (Å²) in [6, 6.07) is 0.923. The van der Waals surface area contributed by atoms with Gasteiger partial charge in [0.05, 0.1) is 0 Å². The van der Waals surface area contributed by atoms with Crippen molar-refractivity contribution in [2.75, 3.05) is 0 Å². The summed E-state index contributed by atoms with van der Waals surface area (Å²) in [5.74, 6) is 0.862. The lowest BCUT2D eigenvalue weighted by Gasteiger charge is -2.38. The van der Waals surface area contributed by atoms with Gasteiger partial charge in [-0.1, -0.05) is 12.8 Å². The maximum atomic E-state index is 11.6. The highest BCUT2D eigenvalue weighted by Crippen LogP contribution is 2.29. The average molecular weight is 204 g/mol. The molecule has 0 bridgehead atoms. The molecule has 1 saturated heterocycles. The van der Waals surface area contributed by atoms with E-state index in [-0.39, 0.29) is 12.4 Å². The van der Waals surface area contributed by atoms with Crippen LogP contribution >= 0.6 is 12.4 Å². The van der Waals surface area contributed by atoms with E-state index < -0.39 is 0 Å². The van der Waals surface area contributed by atoms with E-state index in [0.717, 1.165) is 12.8 Å². The van der Waals surface area contributed by atoms with Gasteiger partial charge in [0.25, 0.3) is 0 Å². The molecule has 0 amide bonds. The Bertz CT molecular complexity index is 195. The highest BCUT2D eigenvalue weighted by Gasteiger charge is 2.35. The number of nitrogens with one attached hydrogen (secondary N) is 1. The Labute approximate surface area is 85.9 Å². The first-order valence-corrected chi connectivity index (χ1v) is 5.06. The zero-order valence-electron chi connectivity index (χ0n) is 8.08. The smallest absolute Gasteiger partial charge is 0.139 e. The van der Waals surface area contributed by atoms with Crippen molar-refractivity contribution < 1.29 is 4.79 Å². The number of ketones is 1. The molecule has 13 heavy (non-hydrogen) atoms. The zero-order valence-corrected chi connectivity index (χ0v) is 8.90. The van der Waals surface area contributed by atoms with E-state index in [1.165, 1.54) is 19.3 Å². The van der Waals surface area contributed by atoms with Crippen LogP contribution in [-0.2, 0) is 4.79 Å². The summed E-state index contributed by atoms with van der Waals surface area (Å²) in [6.07, 6.45) is 5.64. The van der Waals surface area contributed by atoms with E-state index in [0.29, 0.717) is 23.8 Å². The van der Waals surface area contributed by atoms with E-state index in [9.17, 15) is 4.79 Å². The van der Waals surface area contributed by atoms with Gasteiger partial charge in [0.1, 0.15) is 5.78 Å². The van der Waals surface area contributed by atoms with E-state index >= 15 is 0 Å². The van der Waals surface area contributed by atoms with Gasteiger partial charge in [0.15, 0.2) is 0 Å². The molecule has 2 rings (SSSR count). The third kappa shape index (κ3) is 2.23. The molecule has 0 aromatic carbocycles. The van der Waals surface area contributed by atoms with Crippen molar-refractivity contribution in [2.24, 2.45) is 5.92 Å². The molecule has 2 aliphatic rings. The second-order valence-electron chi connectivity index (χ2n) is 4.24. The van der Waals surface area contributed by atoms with Crippen LogP contribution in [0.3, 0.4) is 0 Å². The zero-order chi connectivity index (χ0) is 8.55. The molecule has 1 aliphatic carbocycles. The fourth-order valence-electron chi connectivity index (χ4n) is 2.59.